The number of carbonyl (C=O) groups is 1. The second kappa shape index (κ2) is 14.1. The summed E-state index contributed by atoms with van der Waals surface area (Å²) in [6.45, 7) is 2.85. The molecule has 0 saturated carbocycles. The molecule has 42 heavy (non-hydrogen) atoms. The summed E-state index contributed by atoms with van der Waals surface area (Å²) in [4.78, 5) is 14.1. The van der Waals surface area contributed by atoms with Crippen LogP contribution in [0.1, 0.15) is 30.5 Å². The Kier molecular flexibility index (Phi) is 12.2. The first-order chi connectivity index (χ1) is 18.8. The van der Waals surface area contributed by atoms with Crippen LogP contribution in [-0.4, -0.2) is 30.1 Å². The topological polar surface area (TPSA) is 68.7 Å². The molecule has 3 rings (SSSR count). The third-order valence-electron chi connectivity index (χ3n) is 5.13. The van der Waals surface area contributed by atoms with Crippen LogP contribution in [0.25, 0.3) is 22.4 Å². The Morgan fingerprint density at radius 3 is 1.81 bits per heavy atom. The minimum atomic E-state index is -5.53. The van der Waals surface area contributed by atoms with Crippen molar-refractivity contribution in [2.45, 2.75) is 32.4 Å². The summed E-state index contributed by atoms with van der Waals surface area (Å²) in [5, 5.41) is 8.36. The van der Waals surface area contributed by atoms with E-state index in [0.29, 0.717) is 5.75 Å². The van der Waals surface area contributed by atoms with Crippen molar-refractivity contribution in [1.29, 1.82) is 0 Å². The van der Waals surface area contributed by atoms with E-state index in [1.54, 1.807) is 0 Å². The molecule has 1 N–H and O–H groups in total. The van der Waals surface area contributed by atoms with Gasteiger partial charge in [-0.25, -0.2) is 0 Å². The number of nitrogens with zero attached hydrogens (tertiary/aromatic N) is 1. The third kappa shape index (κ3) is 9.50. The monoisotopic (exact) mass is 789 g/mol. The number of hydrogen-bond donors (Lipinski definition) is 1. The molecule has 0 fully saturated rings. The minimum Gasteiger partial charge on any atom is -0.540 e. The molecule has 0 unspecified atom stereocenters. The van der Waals surface area contributed by atoms with Crippen LogP contribution in [0, 0.1) is 6.07 Å². The van der Waals surface area contributed by atoms with Gasteiger partial charge >= 0.3 is 18.5 Å². The number of rotatable bonds is 5. The average molecular weight is 790 g/mol. The maximum absolute atomic E-state index is 13.7. The summed E-state index contributed by atoms with van der Waals surface area (Å²) in [6, 6.07) is 6.39. The van der Waals surface area contributed by atoms with Gasteiger partial charge in [-0.1, -0.05) is 17.2 Å². The van der Waals surface area contributed by atoms with Gasteiger partial charge in [0.25, 0.3) is 0 Å². The van der Waals surface area contributed by atoms with Crippen molar-refractivity contribution < 1.29 is 80.0 Å². The number of methoxy groups -OCH3 is 2. The summed E-state index contributed by atoms with van der Waals surface area (Å²) in [5.41, 5.74) is -8.19. The Bertz CT molecular complexity index is 1390. The number of halogens is 9. The van der Waals surface area contributed by atoms with Gasteiger partial charge in [0.2, 0.25) is 0 Å². The van der Waals surface area contributed by atoms with Gasteiger partial charge in [0.15, 0.2) is 5.78 Å². The quantitative estimate of drug-likeness (QED) is 0.122. The first-order valence-electron chi connectivity index (χ1n) is 11.2. The predicted octanol–water partition coefficient (Wildman–Crippen LogP) is 8.32. The fourth-order valence-electron chi connectivity index (χ4n) is 3.51. The molecule has 0 radical (unpaired) electrons. The number of aliphatic hydroxyl groups excluding tert-OH is 1. The van der Waals surface area contributed by atoms with Crippen LogP contribution < -0.4 is 9.47 Å². The zero-order chi connectivity index (χ0) is 31.3. The van der Waals surface area contributed by atoms with Crippen molar-refractivity contribution in [2.75, 3.05) is 14.2 Å². The fourth-order valence-corrected chi connectivity index (χ4v) is 3.51. The Balaban J connectivity index is 0.000000981. The van der Waals surface area contributed by atoms with Crippen molar-refractivity contribution in [3.05, 3.63) is 77.2 Å². The van der Waals surface area contributed by atoms with Crippen molar-refractivity contribution in [3.8, 4) is 33.9 Å². The molecule has 0 amide bonds. The van der Waals surface area contributed by atoms with Crippen molar-refractivity contribution in [3.63, 3.8) is 0 Å². The SMILES string of the molecule is CC(=O)/C=C(/C)O.COc1ccnc(-c2[c-]cc(-c3c(C(F)(F)F)cc(C(F)(F)F)cc3C(F)(F)F)cc2OC)c1.[Pt]. The number of hydrogen-bond acceptors (Lipinski definition) is 5. The molecule has 0 aliphatic heterocycles. The zero-order valence-corrected chi connectivity index (χ0v) is 24.2. The van der Waals surface area contributed by atoms with Crippen molar-refractivity contribution in [1.82, 2.24) is 4.98 Å². The largest absolute Gasteiger partial charge is 0.540 e. The van der Waals surface area contributed by atoms with Crippen molar-refractivity contribution in [2.24, 2.45) is 0 Å². The molecule has 3 aromatic rings. The standard InChI is InChI=1S/C22H13F9NO2.C5H8O2.Pt/c1-33-13-5-6-32-17(10-13)14-4-3-11(7-18(14)34-2)19-15(21(26,27)28)8-12(20(23,24)25)9-16(19)22(29,30)31;1-4(6)3-5(2)7;/h3,5-10H,1-2H3;3,6H,1-2H3;/q-1;;/b;4-3-;. The Labute approximate surface area is 248 Å². The van der Waals surface area contributed by atoms with E-state index >= 15 is 0 Å². The summed E-state index contributed by atoms with van der Waals surface area (Å²) < 4.78 is 132. The van der Waals surface area contributed by atoms with Crippen LogP contribution in [0.15, 0.2) is 54.4 Å². The number of alkyl halides is 9. The number of aliphatic hydroxyl groups is 1. The Hall–Kier alpha value is -3.54. The molecule has 232 valence electrons. The molecule has 0 spiro atoms. The number of pyridine rings is 1. The Morgan fingerprint density at radius 1 is 0.881 bits per heavy atom. The molecule has 2 aromatic carbocycles. The molecular formula is C27H21F9NO4Pt-. The number of ketones is 1. The molecule has 0 atom stereocenters. The van der Waals surface area contributed by atoms with E-state index < -0.39 is 46.3 Å². The molecule has 1 heterocycles. The fraction of sp³-hybridized carbons (Fsp3) is 0.259. The summed E-state index contributed by atoms with van der Waals surface area (Å²) in [6.07, 6.45) is -14.0. The number of benzene rings is 2. The van der Waals surface area contributed by atoms with Crippen LogP contribution in [0.5, 0.6) is 11.5 Å². The van der Waals surface area contributed by atoms with Gasteiger partial charge in [0, 0.05) is 39.1 Å². The second-order valence-electron chi connectivity index (χ2n) is 8.25. The first kappa shape index (κ1) is 36.5. The van der Waals surface area contributed by atoms with Gasteiger partial charge < -0.3 is 19.6 Å². The Morgan fingerprint density at radius 2 is 1.43 bits per heavy atom. The molecular weight excluding hydrogens is 768 g/mol. The van der Waals surface area contributed by atoms with E-state index in [2.05, 4.69) is 11.1 Å². The number of carbonyl (C=O) groups excluding carboxylic acids is 1. The molecule has 0 bridgehead atoms. The number of allylic oxidation sites excluding steroid dienone is 2. The number of aromatic nitrogens is 1. The molecule has 0 saturated heterocycles. The van der Waals surface area contributed by atoms with Crippen molar-refractivity contribution >= 4 is 5.78 Å². The van der Waals surface area contributed by atoms with E-state index in [0.717, 1.165) is 19.2 Å². The normalized spacial score (nSPS) is 12.1. The number of ether oxygens (including phenoxy) is 2. The van der Waals surface area contributed by atoms with Gasteiger partial charge in [0.05, 0.1) is 36.7 Å². The predicted molar refractivity (Wildman–Crippen MR) is 129 cm³/mol. The van der Waals surface area contributed by atoms with Gasteiger partial charge in [-0.2, -0.15) is 39.5 Å². The third-order valence-corrected chi connectivity index (χ3v) is 5.13. The van der Waals surface area contributed by atoms with Crippen LogP contribution in [0.3, 0.4) is 0 Å². The van der Waals surface area contributed by atoms with Crippen LogP contribution in [-0.2, 0) is 44.4 Å². The summed E-state index contributed by atoms with van der Waals surface area (Å²) >= 11 is 0. The van der Waals surface area contributed by atoms with E-state index in [4.69, 9.17) is 14.6 Å². The smallest absolute Gasteiger partial charge is 0.416 e. The van der Waals surface area contributed by atoms with Crippen LogP contribution >= 0.6 is 0 Å². The van der Waals surface area contributed by atoms with Crippen LogP contribution in [0.2, 0.25) is 0 Å². The van der Waals surface area contributed by atoms with E-state index in [-0.39, 0.29) is 61.7 Å². The van der Waals surface area contributed by atoms with Gasteiger partial charge in [0.1, 0.15) is 5.75 Å². The summed E-state index contributed by atoms with van der Waals surface area (Å²) in [7, 11) is 2.48. The van der Waals surface area contributed by atoms with Gasteiger partial charge in [-0.15, -0.1) is 12.1 Å². The molecule has 1 aromatic heterocycles. The maximum Gasteiger partial charge on any atom is 0.416 e. The first-order valence-corrected chi connectivity index (χ1v) is 11.2. The maximum atomic E-state index is 13.7. The molecule has 5 nitrogen and oxygen atoms in total. The van der Waals surface area contributed by atoms with E-state index in [1.807, 2.05) is 0 Å². The molecule has 0 aliphatic carbocycles. The van der Waals surface area contributed by atoms with E-state index in [9.17, 15) is 44.3 Å². The average Bonchev–Trinajstić information content (AvgIpc) is 2.85. The van der Waals surface area contributed by atoms with Crippen LogP contribution in [0.4, 0.5) is 39.5 Å². The minimum absolute atomic E-state index is 0. The molecule has 0 aliphatic rings. The summed E-state index contributed by atoms with van der Waals surface area (Å²) in [5.74, 6) is 0.0814. The van der Waals surface area contributed by atoms with Gasteiger partial charge in [-0.05, 0) is 49.4 Å². The van der Waals surface area contributed by atoms with Gasteiger partial charge in [-0.3, -0.25) is 4.79 Å². The van der Waals surface area contributed by atoms with E-state index in [1.165, 1.54) is 45.4 Å². The zero-order valence-electron chi connectivity index (χ0n) is 22.0. The molecule has 15 heteroatoms. The second-order valence-corrected chi connectivity index (χ2v) is 8.25.